The summed E-state index contributed by atoms with van der Waals surface area (Å²) < 4.78 is 5.43. The summed E-state index contributed by atoms with van der Waals surface area (Å²) in [5, 5.41) is 3.81. The summed E-state index contributed by atoms with van der Waals surface area (Å²) in [4.78, 5) is 11.4. The molecule has 0 saturated heterocycles. The minimum Gasteiger partial charge on any atom is -0.483 e. The Morgan fingerprint density at radius 3 is 2.71 bits per heavy atom. The van der Waals surface area contributed by atoms with E-state index in [0.29, 0.717) is 0 Å². The molecule has 0 aliphatic heterocycles. The molecule has 0 aromatic heterocycles. The molecule has 0 radical (unpaired) electrons. The Morgan fingerprint density at radius 1 is 1.35 bits per heavy atom. The van der Waals surface area contributed by atoms with Crippen LogP contribution in [-0.4, -0.2) is 18.2 Å². The number of aryl methyl sites for hydroxylation is 1. The second-order valence-electron chi connectivity index (χ2n) is 4.08. The Hall–Kier alpha value is -1.84. The van der Waals surface area contributed by atoms with E-state index in [1.165, 1.54) is 0 Å². The van der Waals surface area contributed by atoms with Crippen molar-refractivity contribution in [1.82, 2.24) is 5.43 Å². The number of hydrogen-bond donors (Lipinski definition) is 1. The van der Waals surface area contributed by atoms with Crippen molar-refractivity contribution >= 4 is 11.6 Å². The molecule has 0 aliphatic rings. The third-order valence-corrected chi connectivity index (χ3v) is 2.32. The highest BCUT2D eigenvalue weighted by Gasteiger charge is 2.05. The molecule has 0 saturated carbocycles. The van der Waals surface area contributed by atoms with Crippen LogP contribution in [0.25, 0.3) is 0 Å². The van der Waals surface area contributed by atoms with Gasteiger partial charge >= 0.3 is 0 Å². The molecule has 0 aliphatic carbocycles. The quantitative estimate of drug-likeness (QED) is 0.641. The predicted octanol–water partition coefficient (Wildman–Crippen LogP) is 2.19. The van der Waals surface area contributed by atoms with E-state index in [9.17, 15) is 4.79 Å². The van der Waals surface area contributed by atoms with Crippen LogP contribution in [0.3, 0.4) is 0 Å². The molecule has 17 heavy (non-hydrogen) atoms. The first-order valence-electron chi connectivity index (χ1n) is 5.49. The minimum absolute atomic E-state index is 0.0267. The van der Waals surface area contributed by atoms with Crippen LogP contribution in [0.15, 0.2) is 23.3 Å². The minimum atomic E-state index is -0.257. The molecule has 0 spiro atoms. The predicted molar refractivity (Wildman–Crippen MR) is 68.3 cm³/mol. The second-order valence-corrected chi connectivity index (χ2v) is 4.08. The molecule has 0 unspecified atom stereocenters. The number of rotatable bonds is 4. The lowest BCUT2D eigenvalue weighted by Crippen LogP contribution is -2.25. The summed E-state index contributed by atoms with van der Waals surface area (Å²) in [6, 6.07) is 5.76. The fourth-order valence-electron chi connectivity index (χ4n) is 1.23. The molecule has 0 atom stereocenters. The molecule has 0 heterocycles. The first-order chi connectivity index (χ1) is 8.00. The van der Waals surface area contributed by atoms with Gasteiger partial charge in [-0.2, -0.15) is 5.10 Å². The van der Waals surface area contributed by atoms with Crippen molar-refractivity contribution in [2.75, 3.05) is 6.61 Å². The molecule has 1 aromatic carbocycles. The lowest BCUT2D eigenvalue weighted by molar-refractivity contribution is -0.123. The number of nitrogens with one attached hydrogen (secondary N) is 1. The summed E-state index contributed by atoms with van der Waals surface area (Å²) in [6.45, 7) is 7.57. The highest BCUT2D eigenvalue weighted by molar-refractivity contribution is 5.83. The fourth-order valence-corrected chi connectivity index (χ4v) is 1.23. The number of carbonyl (C=O) groups excluding carboxylic acids is 1. The molecule has 0 fully saturated rings. The molecular formula is C13H18N2O2. The van der Waals surface area contributed by atoms with E-state index in [-0.39, 0.29) is 12.5 Å². The first kappa shape index (κ1) is 13.2. The number of benzene rings is 1. The average Bonchev–Trinajstić information content (AvgIpc) is 2.28. The summed E-state index contributed by atoms with van der Waals surface area (Å²) in [7, 11) is 0. The summed E-state index contributed by atoms with van der Waals surface area (Å²) in [6.07, 6.45) is 0. The molecule has 1 amide bonds. The summed E-state index contributed by atoms with van der Waals surface area (Å²) in [5.41, 5.74) is 5.40. The zero-order chi connectivity index (χ0) is 12.8. The number of amides is 1. The monoisotopic (exact) mass is 234 g/mol. The van der Waals surface area contributed by atoms with Gasteiger partial charge in [-0.1, -0.05) is 12.1 Å². The maximum atomic E-state index is 11.4. The highest BCUT2D eigenvalue weighted by atomic mass is 16.5. The van der Waals surface area contributed by atoms with Gasteiger partial charge in [-0.15, -0.1) is 0 Å². The Kier molecular flexibility index (Phi) is 4.69. The number of hydrazone groups is 1. The molecule has 4 nitrogen and oxygen atoms in total. The molecular weight excluding hydrogens is 216 g/mol. The SMILES string of the molecule is CC(C)=NNC(=O)COc1cccc(C)c1C. The average molecular weight is 234 g/mol. The lowest BCUT2D eigenvalue weighted by Gasteiger charge is -2.09. The normalized spacial score (nSPS) is 9.65. The van der Waals surface area contributed by atoms with Gasteiger partial charge in [0.05, 0.1) is 0 Å². The number of carbonyl (C=O) groups is 1. The highest BCUT2D eigenvalue weighted by Crippen LogP contribution is 2.20. The topological polar surface area (TPSA) is 50.7 Å². The summed E-state index contributed by atoms with van der Waals surface area (Å²) in [5.74, 6) is 0.476. The first-order valence-corrected chi connectivity index (χ1v) is 5.49. The Balaban J connectivity index is 2.53. The molecule has 92 valence electrons. The van der Waals surface area contributed by atoms with Crippen molar-refractivity contribution in [2.24, 2.45) is 5.10 Å². The lowest BCUT2D eigenvalue weighted by atomic mass is 10.1. The summed E-state index contributed by atoms with van der Waals surface area (Å²) >= 11 is 0. The van der Waals surface area contributed by atoms with Crippen LogP contribution >= 0.6 is 0 Å². The molecule has 0 bridgehead atoms. The van der Waals surface area contributed by atoms with Crippen molar-refractivity contribution in [1.29, 1.82) is 0 Å². The number of hydrogen-bond acceptors (Lipinski definition) is 3. The largest absolute Gasteiger partial charge is 0.483 e. The van der Waals surface area contributed by atoms with Crippen molar-refractivity contribution < 1.29 is 9.53 Å². The van der Waals surface area contributed by atoms with Crippen molar-refractivity contribution in [3.63, 3.8) is 0 Å². The van der Waals surface area contributed by atoms with Crippen molar-refractivity contribution in [3.05, 3.63) is 29.3 Å². The molecule has 1 N–H and O–H groups in total. The van der Waals surface area contributed by atoms with Crippen LogP contribution in [0, 0.1) is 13.8 Å². The molecule has 4 heteroatoms. The van der Waals surface area contributed by atoms with Crippen LogP contribution in [0.5, 0.6) is 5.75 Å². The van der Waals surface area contributed by atoms with E-state index in [1.807, 2.05) is 45.9 Å². The Labute approximate surface area is 102 Å². The van der Waals surface area contributed by atoms with E-state index in [4.69, 9.17) is 4.74 Å². The second kappa shape index (κ2) is 6.03. The van der Waals surface area contributed by atoms with E-state index in [0.717, 1.165) is 22.6 Å². The third kappa shape index (κ3) is 4.26. The van der Waals surface area contributed by atoms with Crippen molar-refractivity contribution in [2.45, 2.75) is 27.7 Å². The van der Waals surface area contributed by atoms with Crippen LogP contribution in [-0.2, 0) is 4.79 Å². The van der Waals surface area contributed by atoms with Gasteiger partial charge in [0.15, 0.2) is 6.61 Å². The number of ether oxygens (including phenoxy) is 1. The maximum Gasteiger partial charge on any atom is 0.277 e. The Morgan fingerprint density at radius 2 is 2.06 bits per heavy atom. The van der Waals surface area contributed by atoms with E-state index in [1.54, 1.807) is 0 Å². The van der Waals surface area contributed by atoms with E-state index >= 15 is 0 Å². The van der Waals surface area contributed by atoms with Gasteiger partial charge in [0, 0.05) is 5.71 Å². The zero-order valence-corrected chi connectivity index (χ0v) is 10.7. The standard InChI is InChI=1S/C13H18N2O2/c1-9(2)14-15-13(16)8-17-12-7-5-6-10(3)11(12)4/h5-7H,8H2,1-4H3,(H,15,16). The fraction of sp³-hybridized carbons (Fsp3) is 0.385. The van der Waals surface area contributed by atoms with Gasteiger partial charge in [-0.05, 0) is 44.9 Å². The van der Waals surface area contributed by atoms with Gasteiger partial charge in [-0.25, -0.2) is 5.43 Å². The van der Waals surface area contributed by atoms with E-state index < -0.39 is 0 Å². The number of nitrogens with zero attached hydrogens (tertiary/aromatic N) is 1. The van der Waals surface area contributed by atoms with Crippen LogP contribution in [0.1, 0.15) is 25.0 Å². The van der Waals surface area contributed by atoms with Gasteiger partial charge in [0.25, 0.3) is 5.91 Å². The van der Waals surface area contributed by atoms with Crippen LogP contribution in [0.2, 0.25) is 0 Å². The smallest absolute Gasteiger partial charge is 0.277 e. The maximum absolute atomic E-state index is 11.4. The van der Waals surface area contributed by atoms with Gasteiger partial charge in [-0.3, -0.25) is 4.79 Å². The van der Waals surface area contributed by atoms with Crippen molar-refractivity contribution in [3.8, 4) is 5.75 Å². The zero-order valence-electron chi connectivity index (χ0n) is 10.7. The molecule has 1 aromatic rings. The van der Waals surface area contributed by atoms with Gasteiger partial charge in [0.1, 0.15) is 5.75 Å². The Bertz CT molecular complexity index is 435. The molecule has 1 rings (SSSR count). The third-order valence-electron chi connectivity index (χ3n) is 2.32. The van der Waals surface area contributed by atoms with Crippen LogP contribution < -0.4 is 10.2 Å². The van der Waals surface area contributed by atoms with Crippen LogP contribution in [0.4, 0.5) is 0 Å². The van der Waals surface area contributed by atoms with Gasteiger partial charge in [0.2, 0.25) is 0 Å². The van der Waals surface area contributed by atoms with Gasteiger partial charge < -0.3 is 4.74 Å². The van der Waals surface area contributed by atoms with E-state index in [2.05, 4.69) is 10.5 Å².